The highest BCUT2D eigenvalue weighted by Gasteiger charge is 2.11. The zero-order valence-electron chi connectivity index (χ0n) is 16.4. The summed E-state index contributed by atoms with van der Waals surface area (Å²) in [6, 6.07) is 23.1. The zero-order chi connectivity index (χ0) is 21.2. The second-order valence-corrected chi connectivity index (χ2v) is 6.08. The zero-order valence-corrected chi connectivity index (χ0v) is 16.4. The number of benzene rings is 3. The van der Waals surface area contributed by atoms with Crippen molar-refractivity contribution in [1.82, 2.24) is 0 Å². The van der Waals surface area contributed by atoms with Gasteiger partial charge >= 0.3 is 5.97 Å². The van der Waals surface area contributed by atoms with Crippen molar-refractivity contribution in [1.29, 1.82) is 0 Å². The van der Waals surface area contributed by atoms with E-state index in [0.29, 0.717) is 22.9 Å². The minimum atomic E-state index is -0.658. The first kappa shape index (κ1) is 20.7. The molecule has 0 fully saturated rings. The Morgan fingerprint density at radius 1 is 0.767 bits per heavy atom. The summed E-state index contributed by atoms with van der Waals surface area (Å²) in [6.45, 7) is -0.745. The molecule has 3 rings (SSSR count). The second-order valence-electron chi connectivity index (χ2n) is 6.08. The monoisotopic (exact) mass is 407 g/mol. The van der Waals surface area contributed by atoms with Gasteiger partial charge in [-0.05, 0) is 48.5 Å². The molecule has 0 radical (unpaired) electrons. The van der Waals surface area contributed by atoms with Crippen LogP contribution in [0.1, 0.15) is 0 Å². The number of hydrogen-bond donors (Lipinski definition) is 1. The molecule has 1 amide bonds. The SMILES string of the molecule is COc1ccccc1NC(=O)COC(=O)COc1ccc(Oc2ccccc2)cc1. The van der Waals surface area contributed by atoms with Crippen LogP contribution < -0.4 is 19.5 Å². The van der Waals surface area contributed by atoms with E-state index >= 15 is 0 Å². The van der Waals surface area contributed by atoms with Crippen molar-refractivity contribution in [3.05, 3.63) is 78.9 Å². The van der Waals surface area contributed by atoms with Crippen LogP contribution in [0, 0.1) is 0 Å². The molecule has 0 aliphatic heterocycles. The number of hydrogen-bond acceptors (Lipinski definition) is 6. The van der Waals surface area contributed by atoms with Crippen molar-refractivity contribution in [2.75, 3.05) is 25.6 Å². The summed E-state index contributed by atoms with van der Waals surface area (Å²) in [5, 5.41) is 2.62. The Morgan fingerprint density at radius 3 is 2.13 bits per heavy atom. The fourth-order valence-corrected chi connectivity index (χ4v) is 2.49. The van der Waals surface area contributed by atoms with Gasteiger partial charge < -0.3 is 24.3 Å². The first-order chi connectivity index (χ1) is 14.6. The van der Waals surface area contributed by atoms with E-state index in [2.05, 4.69) is 5.32 Å². The Bertz CT molecular complexity index is 972. The van der Waals surface area contributed by atoms with Gasteiger partial charge in [-0.1, -0.05) is 30.3 Å². The average Bonchev–Trinajstić information content (AvgIpc) is 2.78. The smallest absolute Gasteiger partial charge is 0.344 e. The summed E-state index contributed by atoms with van der Waals surface area (Å²) in [5.74, 6) is 1.22. The Labute approximate surface area is 174 Å². The van der Waals surface area contributed by atoms with Gasteiger partial charge in [0.2, 0.25) is 0 Å². The van der Waals surface area contributed by atoms with Crippen LogP contribution in [0.2, 0.25) is 0 Å². The minimum Gasteiger partial charge on any atom is -0.495 e. The third-order valence-corrected chi connectivity index (χ3v) is 3.90. The molecule has 0 heterocycles. The summed E-state index contributed by atoms with van der Waals surface area (Å²) >= 11 is 0. The number of nitrogens with one attached hydrogen (secondary N) is 1. The summed E-state index contributed by atoms with van der Waals surface area (Å²) in [7, 11) is 1.50. The van der Waals surface area contributed by atoms with E-state index in [1.54, 1.807) is 48.5 Å². The van der Waals surface area contributed by atoms with E-state index < -0.39 is 18.5 Å². The predicted octanol–water partition coefficient (Wildman–Crippen LogP) is 4.05. The quantitative estimate of drug-likeness (QED) is 0.539. The number of ether oxygens (including phenoxy) is 4. The summed E-state index contributed by atoms with van der Waals surface area (Å²) in [6.07, 6.45) is 0. The van der Waals surface area contributed by atoms with Gasteiger partial charge in [0.15, 0.2) is 13.2 Å². The van der Waals surface area contributed by atoms with Crippen LogP contribution >= 0.6 is 0 Å². The molecule has 0 saturated carbocycles. The van der Waals surface area contributed by atoms with Crippen molar-refractivity contribution >= 4 is 17.6 Å². The normalized spacial score (nSPS) is 10.0. The van der Waals surface area contributed by atoms with Gasteiger partial charge in [-0.15, -0.1) is 0 Å². The van der Waals surface area contributed by atoms with E-state index in [9.17, 15) is 9.59 Å². The largest absolute Gasteiger partial charge is 0.495 e. The molecular weight excluding hydrogens is 386 g/mol. The number of rotatable bonds is 9. The lowest BCUT2D eigenvalue weighted by Gasteiger charge is -2.10. The van der Waals surface area contributed by atoms with Gasteiger partial charge in [0.05, 0.1) is 12.8 Å². The Balaban J connectivity index is 1.40. The predicted molar refractivity (Wildman–Crippen MR) is 111 cm³/mol. The van der Waals surface area contributed by atoms with Crippen molar-refractivity contribution in [3.63, 3.8) is 0 Å². The van der Waals surface area contributed by atoms with E-state index in [4.69, 9.17) is 18.9 Å². The van der Waals surface area contributed by atoms with Crippen LogP contribution in [0.25, 0.3) is 0 Å². The van der Waals surface area contributed by atoms with E-state index in [0.717, 1.165) is 5.75 Å². The summed E-state index contributed by atoms with van der Waals surface area (Å²) in [5.41, 5.74) is 0.495. The van der Waals surface area contributed by atoms with Gasteiger partial charge in [0, 0.05) is 0 Å². The van der Waals surface area contributed by atoms with Crippen LogP contribution in [-0.2, 0) is 14.3 Å². The number of carbonyl (C=O) groups is 2. The van der Waals surface area contributed by atoms with Crippen molar-refractivity contribution in [2.45, 2.75) is 0 Å². The molecule has 0 atom stereocenters. The molecule has 0 aliphatic carbocycles. The molecule has 0 bridgehead atoms. The number of anilines is 1. The molecule has 0 aliphatic rings. The fourth-order valence-electron chi connectivity index (χ4n) is 2.49. The molecule has 3 aromatic carbocycles. The molecule has 154 valence electrons. The van der Waals surface area contributed by atoms with Crippen molar-refractivity contribution < 1.29 is 28.5 Å². The van der Waals surface area contributed by atoms with E-state index in [-0.39, 0.29) is 6.61 Å². The van der Waals surface area contributed by atoms with E-state index in [1.165, 1.54) is 7.11 Å². The van der Waals surface area contributed by atoms with Crippen LogP contribution in [0.15, 0.2) is 78.9 Å². The number of carbonyl (C=O) groups excluding carboxylic acids is 2. The average molecular weight is 407 g/mol. The molecule has 7 nitrogen and oxygen atoms in total. The third-order valence-electron chi connectivity index (χ3n) is 3.90. The molecular formula is C23H21NO6. The molecule has 0 spiro atoms. The van der Waals surface area contributed by atoms with Gasteiger partial charge in [-0.2, -0.15) is 0 Å². The van der Waals surface area contributed by atoms with Crippen molar-refractivity contribution in [2.24, 2.45) is 0 Å². The molecule has 1 N–H and O–H groups in total. The Morgan fingerprint density at radius 2 is 1.40 bits per heavy atom. The number of amides is 1. The van der Waals surface area contributed by atoms with Crippen LogP contribution in [0.4, 0.5) is 5.69 Å². The Hall–Kier alpha value is -4.00. The van der Waals surface area contributed by atoms with Crippen LogP contribution in [0.5, 0.6) is 23.0 Å². The van der Waals surface area contributed by atoms with Gasteiger partial charge in [0.1, 0.15) is 23.0 Å². The lowest BCUT2D eigenvalue weighted by Crippen LogP contribution is -2.23. The molecule has 0 unspecified atom stereocenters. The van der Waals surface area contributed by atoms with Gasteiger partial charge in [0.25, 0.3) is 5.91 Å². The first-order valence-electron chi connectivity index (χ1n) is 9.18. The van der Waals surface area contributed by atoms with Crippen LogP contribution in [-0.4, -0.2) is 32.2 Å². The minimum absolute atomic E-state index is 0.319. The molecule has 30 heavy (non-hydrogen) atoms. The standard InChI is InChI=1S/C23H21NO6/c1-27-21-10-6-5-9-20(21)24-22(25)15-29-23(26)16-28-17-11-13-19(14-12-17)30-18-7-3-2-4-8-18/h2-14H,15-16H2,1H3,(H,24,25). The maximum atomic E-state index is 11.9. The first-order valence-corrected chi connectivity index (χ1v) is 9.18. The maximum Gasteiger partial charge on any atom is 0.344 e. The lowest BCUT2D eigenvalue weighted by molar-refractivity contribution is -0.149. The third kappa shape index (κ3) is 6.27. The highest BCUT2D eigenvalue weighted by molar-refractivity contribution is 5.94. The van der Waals surface area contributed by atoms with Crippen molar-refractivity contribution in [3.8, 4) is 23.0 Å². The second kappa shape index (κ2) is 10.5. The number of esters is 1. The highest BCUT2D eigenvalue weighted by Crippen LogP contribution is 2.24. The fraction of sp³-hybridized carbons (Fsp3) is 0.130. The summed E-state index contributed by atoms with van der Waals surface area (Å²) in [4.78, 5) is 23.8. The van der Waals surface area contributed by atoms with Gasteiger partial charge in [-0.3, -0.25) is 4.79 Å². The molecule has 7 heteroatoms. The topological polar surface area (TPSA) is 83.1 Å². The Kier molecular flexibility index (Phi) is 7.27. The lowest BCUT2D eigenvalue weighted by atomic mass is 10.3. The highest BCUT2D eigenvalue weighted by atomic mass is 16.6. The van der Waals surface area contributed by atoms with Crippen LogP contribution in [0.3, 0.4) is 0 Å². The molecule has 3 aromatic rings. The molecule has 0 saturated heterocycles. The number of para-hydroxylation sites is 3. The van der Waals surface area contributed by atoms with E-state index in [1.807, 2.05) is 30.3 Å². The number of methoxy groups -OCH3 is 1. The molecule has 0 aromatic heterocycles. The van der Waals surface area contributed by atoms with Gasteiger partial charge in [-0.25, -0.2) is 4.79 Å². The summed E-state index contributed by atoms with van der Waals surface area (Å²) < 4.78 is 21.1. The maximum absolute atomic E-state index is 11.9.